The van der Waals surface area contributed by atoms with Crippen molar-refractivity contribution >= 4 is 5.91 Å². The first-order valence-electron chi connectivity index (χ1n) is 7.40. The first kappa shape index (κ1) is 15.0. The highest BCUT2D eigenvalue weighted by Gasteiger charge is 2.27. The summed E-state index contributed by atoms with van der Waals surface area (Å²) in [5.41, 5.74) is 6.93. The molecule has 1 aromatic rings. The molecule has 0 aliphatic heterocycles. The lowest BCUT2D eigenvalue weighted by Gasteiger charge is -2.19. The molecular formula is C16H24N2O2. The normalized spacial score (nSPS) is 21.9. The molecule has 4 heteroatoms. The van der Waals surface area contributed by atoms with Crippen LogP contribution in [0.4, 0.5) is 0 Å². The lowest BCUT2D eigenvalue weighted by molar-refractivity contribution is -0.126. The summed E-state index contributed by atoms with van der Waals surface area (Å²) in [6.45, 7) is 1.36. The number of hydrogen-bond acceptors (Lipinski definition) is 3. The van der Waals surface area contributed by atoms with E-state index in [1.165, 1.54) is 5.56 Å². The molecule has 1 fully saturated rings. The molecule has 4 nitrogen and oxygen atoms in total. The molecule has 1 aromatic carbocycles. The van der Waals surface area contributed by atoms with Gasteiger partial charge in [0.25, 0.3) is 0 Å². The Morgan fingerprint density at radius 3 is 2.85 bits per heavy atom. The first-order valence-corrected chi connectivity index (χ1v) is 7.40. The van der Waals surface area contributed by atoms with Crippen LogP contribution >= 0.6 is 0 Å². The van der Waals surface area contributed by atoms with Gasteiger partial charge >= 0.3 is 0 Å². The zero-order valence-electron chi connectivity index (χ0n) is 11.9. The van der Waals surface area contributed by atoms with Crippen LogP contribution in [0.5, 0.6) is 0 Å². The Hall–Kier alpha value is -1.39. The van der Waals surface area contributed by atoms with Crippen LogP contribution in [0.2, 0.25) is 0 Å². The third-order valence-electron chi connectivity index (χ3n) is 3.92. The van der Waals surface area contributed by atoms with Crippen LogP contribution in [0.3, 0.4) is 0 Å². The Morgan fingerprint density at radius 1 is 1.30 bits per heavy atom. The molecular weight excluding hydrogens is 252 g/mol. The van der Waals surface area contributed by atoms with E-state index in [2.05, 4.69) is 17.4 Å². The van der Waals surface area contributed by atoms with Crippen molar-refractivity contribution in [2.24, 2.45) is 11.7 Å². The fourth-order valence-electron chi connectivity index (χ4n) is 2.76. The molecule has 1 aliphatic carbocycles. The fourth-order valence-corrected chi connectivity index (χ4v) is 2.76. The smallest absolute Gasteiger partial charge is 0.246 e. The minimum atomic E-state index is -0.0246. The highest BCUT2D eigenvalue weighted by molar-refractivity contribution is 5.77. The predicted octanol–water partition coefficient (Wildman–Crippen LogP) is 1.49. The third-order valence-corrected chi connectivity index (χ3v) is 3.92. The summed E-state index contributed by atoms with van der Waals surface area (Å²) in [5, 5.41) is 3.03. The average molecular weight is 276 g/mol. The predicted molar refractivity (Wildman–Crippen MR) is 79.3 cm³/mol. The quantitative estimate of drug-likeness (QED) is 0.742. The van der Waals surface area contributed by atoms with Crippen LogP contribution in [-0.4, -0.2) is 31.7 Å². The van der Waals surface area contributed by atoms with Crippen molar-refractivity contribution in [1.29, 1.82) is 0 Å². The summed E-state index contributed by atoms with van der Waals surface area (Å²) in [6.07, 6.45) is 4.15. The Balaban J connectivity index is 1.61. The van der Waals surface area contributed by atoms with E-state index in [1.54, 1.807) is 0 Å². The maximum Gasteiger partial charge on any atom is 0.246 e. The van der Waals surface area contributed by atoms with Crippen molar-refractivity contribution in [3.63, 3.8) is 0 Å². The van der Waals surface area contributed by atoms with Gasteiger partial charge in [0, 0.05) is 6.04 Å². The van der Waals surface area contributed by atoms with Gasteiger partial charge in [0.2, 0.25) is 5.91 Å². The van der Waals surface area contributed by atoms with E-state index < -0.39 is 0 Å². The number of carbonyl (C=O) groups is 1. The van der Waals surface area contributed by atoms with Crippen molar-refractivity contribution < 1.29 is 9.53 Å². The van der Waals surface area contributed by atoms with Gasteiger partial charge in [-0.15, -0.1) is 0 Å². The Bertz CT molecular complexity index is 408. The summed E-state index contributed by atoms with van der Waals surface area (Å²) in [7, 11) is 0. The van der Waals surface area contributed by atoms with Gasteiger partial charge in [0.1, 0.15) is 6.61 Å². The number of nitrogens with two attached hydrogens (primary N) is 1. The molecule has 1 aliphatic rings. The second kappa shape index (κ2) is 8.02. The van der Waals surface area contributed by atoms with Crippen LogP contribution in [0.1, 0.15) is 24.8 Å². The SMILES string of the molecule is NCC1CCCC1NC(=O)COCCc1ccccc1. The lowest BCUT2D eigenvalue weighted by atomic mass is 10.0. The molecule has 1 saturated carbocycles. The van der Waals surface area contributed by atoms with Crippen LogP contribution in [-0.2, 0) is 16.0 Å². The maximum absolute atomic E-state index is 11.8. The number of hydrogen-bond donors (Lipinski definition) is 2. The molecule has 0 saturated heterocycles. The maximum atomic E-state index is 11.8. The second-order valence-electron chi connectivity index (χ2n) is 5.39. The molecule has 0 heterocycles. The van der Waals surface area contributed by atoms with Crippen molar-refractivity contribution in [1.82, 2.24) is 5.32 Å². The molecule has 1 amide bonds. The van der Waals surface area contributed by atoms with E-state index in [4.69, 9.17) is 10.5 Å². The largest absolute Gasteiger partial charge is 0.371 e. The van der Waals surface area contributed by atoms with E-state index in [0.717, 1.165) is 25.7 Å². The minimum Gasteiger partial charge on any atom is -0.371 e. The number of benzene rings is 1. The molecule has 0 radical (unpaired) electrons. The van der Waals surface area contributed by atoms with Gasteiger partial charge in [-0.2, -0.15) is 0 Å². The molecule has 0 bridgehead atoms. The Kier molecular flexibility index (Phi) is 6.02. The van der Waals surface area contributed by atoms with Crippen molar-refractivity contribution in [2.75, 3.05) is 19.8 Å². The van der Waals surface area contributed by atoms with Crippen LogP contribution in [0.25, 0.3) is 0 Å². The van der Waals surface area contributed by atoms with Gasteiger partial charge < -0.3 is 15.8 Å². The van der Waals surface area contributed by atoms with Crippen LogP contribution in [0.15, 0.2) is 30.3 Å². The second-order valence-corrected chi connectivity index (χ2v) is 5.39. The van der Waals surface area contributed by atoms with Gasteiger partial charge in [0.15, 0.2) is 0 Å². The molecule has 0 aromatic heterocycles. The Morgan fingerprint density at radius 2 is 2.10 bits per heavy atom. The van der Waals surface area contributed by atoms with Gasteiger partial charge in [-0.1, -0.05) is 36.8 Å². The lowest BCUT2D eigenvalue weighted by Crippen LogP contribution is -2.41. The van der Waals surface area contributed by atoms with Gasteiger partial charge in [-0.3, -0.25) is 4.79 Å². The number of ether oxygens (including phenoxy) is 1. The van der Waals surface area contributed by atoms with Crippen molar-refractivity contribution in [2.45, 2.75) is 31.7 Å². The zero-order valence-corrected chi connectivity index (χ0v) is 11.9. The van der Waals surface area contributed by atoms with E-state index in [1.807, 2.05) is 18.2 Å². The average Bonchev–Trinajstić information content (AvgIpc) is 2.92. The highest BCUT2D eigenvalue weighted by Crippen LogP contribution is 2.24. The van der Waals surface area contributed by atoms with E-state index >= 15 is 0 Å². The summed E-state index contributed by atoms with van der Waals surface area (Å²) < 4.78 is 5.44. The van der Waals surface area contributed by atoms with Crippen molar-refractivity contribution in [3.05, 3.63) is 35.9 Å². The molecule has 2 atom stereocenters. The van der Waals surface area contributed by atoms with Crippen molar-refractivity contribution in [3.8, 4) is 0 Å². The summed E-state index contributed by atoms with van der Waals surface area (Å²) >= 11 is 0. The Labute approximate surface area is 120 Å². The summed E-state index contributed by atoms with van der Waals surface area (Å²) in [4.78, 5) is 11.8. The summed E-state index contributed by atoms with van der Waals surface area (Å²) in [5.74, 6) is 0.409. The van der Waals surface area contributed by atoms with E-state index in [0.29, 0.717) is 19.1 Å². The number of nitrogens with one attached hydrogen (secondary N) is 1. The third kappa shape index (κ3) is 4.62. The van der Waals surface area contributed by atoms with Crippen LogP contribution < -0.4 is 11.1 Å². The van der Waals surface area contributed by atoms with Gasteiger partial charge in [0.05, 0.1) is 6.61 Å². The fraction of sp³-hybridized carbons (Fsp3) is 0.562. The highest BCUT2D eigenvalue weighted by atomic mass is 16.5. The number of amides is 1. The molecule has 0 spiro atoms. The van der Waals surface area contributed by atoms with Crippen LogP contribution in [0, 0.1) is 5.92 Å². The van der Waals surface area contributed by atoms with Gasteiger partial charge in [-0.25, -0.2) is 0 Å². The summed E-state index contributed by atoms with van der Waals surface area (Å²) in [6, 6.07) is 10.4. The molecule has 110 valence electrons. The zero-order chi connectivity index (χ0) is 14.2. The first-order chi connectivity index (χ1) is 9.79. The van der Waals surface area contributed by atoms with E-state index in [-0.39, 0.29) is 18.6 Å². The van der Waals surface area contributed by atoms with E-state index in [9.17, 15) is 4.79 Å². The molecule has 2 unspecified atom stereocenters. The topological polar surface area (TPSA) is 64.3 Å². The standard InChI is InChI=1S/C16H24N2O2/c17-11-14-7-4-8-15(14)18-16(19)12-20-10-9-13-5-2-1-3-6-13/h1-3,5-6,14-15H,4,7-12,17H2,(H,18,19). The molecule has 3 N–H and O–H groups in total. The molecule has 20 heavy (non-hydrogen) atoms. The minimum absolute atomic E-state index is 0.0246. The molecule has 2 rings (SSSR count). The van der Waals surface area contributed by atoms with Gasteiger partial charge in [-0.05, 0) is 37.3 Å². The monoisotopic (exact) mass is 276 g/mol. The number of carbonyl (C=O) groups excluding carboxylic acids is 1. The number of rotatable bonds is 7.